The number of ether oxygens (including phenoxy) is 2. The van der Waals surface area contributed by atoms with Gasteiger partial charge in [0.05, 0.1) is 7.11 Å². The molecule has 3 aliphatic heterocycles. The highest BCUT2D eigenvalue weighted by Gasteiger charge is 2.42. The third kappa shape index (κ3) is 3.64. The summed E-state index contributed by atoms with van der Waals surface area (Å²) in [5.41, 5.74) is 5.22. The minimum Gasteiger partial charge on any atom is -0.496 e. The molecule has 3 atom stereocenters. The number of piperidine rings is 1. The lowest BCUT2D eigenvalue weighted by molar-refractivity contribution is -0.114. The molecule has 3 aliphatic rings. The normalized spacial score (nSPS) is 24.5. The molecule has 0 radical (unpaired) electrons. The van der Waals surface area contributed by atoms with Crippen LogP contribution in [0.2, 0.25) is 0 Å². The van der Waals surface area contributed by atoms with Crippen LogP contribution in [0.1, 0.15) is 49.7 Å². The Bertz CT molecular complexity index is 1240. The lowest BCUT2D eigenvalue weighted by atomic mass is 9.72. The number of nitrogens with one attached hydrogen (secondary N) is 2. The summed E-state index contributed by atoms with van der Waals surface area (Å²) in [4.78, 5) is 11.8. The Morgan fingerprint density at radius 3 is 2.56 bits per heavy atom. The Morgan fingerprint density at radius 1 is 1.00 bits per heavy atom. The molecule has 3 aromatic rings. The minimum atomic E-state index is -0.0803. The first kappa shape index (κ1) is 21.2. The Balaban J connectivity index is 1.46. The van der Waals surface area contributed by atoms with E-state index < -0.39 is 0 Å². The van der Waals surface area contributed by atoms with Crippen molar-refractivity contribution >= 4 is 11.6 Å². The van der Waals surface area contributed by atoms with Gasteiger partial charge in [0, 0.05) is 47.3 Å². The molecule has 0 spiro atoms. The van der Waals surface area contributed by atoms with Crippen molar-refractivity contribution in [2.45, 2.75) is 50.6 Å². The molecule has 5 heteroatoms. The predicted molar refractivity (Wildman–Crippen MR) is 134 cm³/mol. The summed E-state index contributed by atoms with van der Waals surface area (Å²) in [7, 11) is 1.75. The number of hydrogen-bond acceptors (Lipinski definition) is 4. The number of fused-ring (bicyclic) bond motifs is 4. The molecule has 6 rings (SSSR count). The van der Waals surface area contributed by atoms with Crippen LogP contribution in [0.25, 0.3) is 11.1 Å². The molecule has 3 heterocycles. The first-order chi connectivity index (χ1) is 16.6. The number of anilines is 1. The van der Waals surface area contributed by atoms with Crippen molar-refractivity contribution in [2.24, 2.45) is 5.92 Å². The molecule has 0 saturated carbocycles. The zero-order valence-corrected chi connectivity index (χ0v) is 19.6. The maximum atomic E-state index is 11.8. The van der Waals surface area contributed by atoms with E-state index in [1.54, 1.807) is 7.11 Å². The fourth-order valence-electron chi connectivity index (χ4n) is 6.32. The van der Waals surface area contributed by atoms with Crippen molar-refractivity contribution in [3.8, 4) is 28.4 Å². The number of carbonyl (C=O) groups is 1. The van der Waals surface area contributed by atoms with Crippen LogP contribution in [0, 0.1) is 5.92 Å². The van der Waals surface area contributed by atoms with Crippen molar-refractivity contribution in [2.75, 3.05) is 12.4 Å². The van der Waals surface area contributed by atoms with Gasteiger partial charge in [0.15, 0.2) is 0 Å². The summed E-state index contributed by atoms with van der Waals surface area (Å²) >= 11 is 0. The van der Waals surface area contributed by atoms with Crippen LogP contribution in [0.4, 0.5) is 5.69 Å². The van der Waals surface area contributed by atoms with Gasteiger partial charge < -0.3 is 20.1 Å². The zero-order chi connectivity index (χ0) is 23.2. The van der Waals surface area contributed by atoms with E-state index in [1.165, 1.54) is 43.7 Å². The third-order valence-corrected chi connectivity index (χ3v) is 7.66. The Morgan fingerprint density at radius 2 is 1.79 bits per heavy atom. The van der Waals surface area contributed by atoms with Crippen LogP contribution in [0.15, 0.2) is 60.7 Å². The van der Waals surface area contributed by atoms with Crippen molar-refractivity contribution in [1.82, 2.24) is 5.32 Å². The predicted octanol–water partition coefficient (Wildman–Crippen LogP) is 6.09. The number of rotatable bonds is 4. The van der Waals surface area contributed by atoms with Gasteiger partial charge in [-0.1, -0.05) is 36.4 Å². The second kappa shape index (κ2) is 8.48. The third-order valence-electron chi connectivity index (χ3n) is 7.66. The minimum absolute atomic E-state index is 0.0803. The number of hydrogen-bond donors (Lipinski definition) is 2. The summed E-state index contributed by atoms with van der Waals surface area (Å²) < 4.78 is 12.3. The second-order valence-electron chi connectivity index (χ2n) is 9.80. The van der Waals surface area contributed by atoms with Crippen molar-refractivity contribution in [3.05, 3.63) is 71.8 Å². The van der Waals surface area contributed by atoms with Gasteiger partial charge in [0.1, 0.15) is 17.2 Å². The molecule has 3 unspecified atom stereocenters. The molecule has 0 aliphatic carbocycles. The van der Waals surface area contributed by atoms with E-state index in [4.69, 9.17) is 9.47 Å². The monoisotopic (exact) mass is 454 g/mol. The van der Waals surface area contributed by atoms with Gasteiger partial charge in [-0.15, -0.1) is 0 Å². The van der Waals surface area contributed by atoms with E-state index in [1.807, 2.05) is 36.4 Å². The molecule has 2 saturated heterocycles. The molecular weight excluding hydrogens is 424 g/mol. The molecule has 34 heavy (non-hydrogen) atoms. The van der Waals surface area contributed by atoms with E-state index >= 15 is 0 Å². The maximum absolute atomic E-state index is 11.8. The average molecular weight is 455 g/mol. The summed E-state index contributed by atoms with van der Waals surface area (Å²) in [6, 6.07) is 21.7. The van der Waals surface area contributed by atoms with Crippen LogP contribution in [0.5, 0.6) is 17.2 Å². The second-order valence-corrected chi connectivity index (χ2v) is 9.80. The van der Waals surface area contributed by atoms with Crippen LogP contribution >= 0.6 is 0 Å². The highest BCUT2D eigenvalue weighted by atomic mass is 16.5. The number of carbonyl (C=O) groups excluding carboxylic acids is 1. The van der Waals surface area contributed by atoms with Gasteiger partial charge in [-0.3, -0.25) is 4.79 Å². The molecule has 0 aromatic heterocycles. The highest BCUT2D eigenvalue weighted by molar-refractivity contribution is 5.94. The molecule has 174 valence electrons. The van der Waals surface area contributed by atoms with Crippen molar-refractivity contribution in [1.29, 1.82) is 0 Å². The smallest absolute Gasteiger partial charge is 0.221 e. The SMILES string of the molecule is COc1cccc2c1C(C1CC3CCC(C1)N3)c1ccc(-c3ccccc3NC(C)=O)cc1O2. The highest BCUT2D eigenvalue weighted by Crippen LogP contribution is 2.54. The fraction of sp³-hybridized carbons (Fsp3) is 0.345. The number of amides is 1. The lowest BCUT2D eigenvalue weighted by Crippen LogP contribution is -2.40. The number of benzene rings is 3. The molecule has 2 N–H and O–H groups in total. The number of para-hydroxylation sites is 1. The van der Waals surface area contributed by atoms with Crippen LogP contribution in [0.3, 0.4) is 0 Å². The van der Waals surface area contributed by atoms with E-state index in [0.29, 0.717) is 18.0 Å². The molecule has 1 amide bonds. The fourth-order valence-corrected chi connectivity index (χ4v) is 6.32. The van der Waals surface area contributed by atoms with E-state index in [9.17, 15) is 4.79 Å². The summed E-state index contributed by atoms with van der Waals surface area (Å²) in [5.74, 6) is 3.37. The van der Waals surface area contributed by atoms with Gasteiger partial charge in [-0.2, -0.15) is 0 Å². The van der Waals surface area contributed by atoms with Gasteiger partial charge in [-0.25, -0.2) is 0 Å². The summed E-state index contributed by atoms with van der Waals surface area (Å²) in [6.45, 7) is 1.54. The molecule has 3 aromatic carbocycles. The van der Waals surface area contributed by atoms with E-state index in [-0.39, 0.29) is 11.8 Å². The molecular formula is C29H30N2O3. The van der Waals surface area contributed by atoms with Crippen molar-refractivity contribution < 1.29 is 14.3 Å². The van der Waals surface area contributed by atoms with Crippen LogP contribution in [-0.4, -0.2) is 25.1 Å². The lowest BCUT2D eigenvalue weighted by Gasteiger charge is -2.39. The zero-order valence-electron chi connectivity index (χ0n) is 19.6. The molecule has 2 bridgehead atoms. The Kier molecular flexibility index (Phi) is 5.30. The van der Waals surface area contributed by atoms with Crippen molar-refractivity contribution in [3.63, 3.8) is 0 Å². The Hall–Kier alpha value is -3.31. The Labute approximate surface area is 200 Å². The van der Waals surface area contributed by atoms with Crippen LogP contribution in [-0.2, 0) is 4.79 Å². The first-order valence-corrected chi connectivity index (χ1v) is 12.2. The topological polar surface area (TPSA) is 59.6 Å². The van der Waals surface area contributed by atoms with Gasteiger partial charge in [0.2, 0.25) is 5.91 Å². The molecule has 2 fully saturated rings. The van der Waals surface area contributed by atoms with E-state index in [0.717, 1.165) is 34.1 Å². The largest absolute Gasteiger partial charge is 0.496 e. The van der Waals surface area contributed by atoms with Gasteiger partial charge in [0.25, 0.3) is 0 Å². The standard InChI is InChI=1S/C29H30N2O3/c1-17(32)30-24-7-4-3-6-22(24)18-10-13-23-27(16-18)34-26-9-5-8-25(33-2)29(26)28(23)19-14-20-11-12-21(15-19)31-20/h3-10,13,16,19-21,28,31H,11-12,14-15H2,1-2H3,(H,30,32). The maximum Gasteiger partial charge on any atom is 0.221 e. The van der Waals surface area contributed by atoms with Gasteiger partial charge >= 0.3 is 0 Å². The van der Waals surface area contributed by atoms with E-state index in [2.05, 4.69) is 34.9 Å². The first-order valence-electron chi connectivity index (χ1n) is 12.2. The summed E-state index contributed by atoms with van der Waals surface area (Å²) in [5, 5.41) is 6.75. The molecule has 5 nitrogen and oxygen atoms in total. The quantitative estimate of drug-likeness (QED) is 0.501. The average Bonchev–Trinajstić information content (AvgIpc) is 3.19. The van der Waals surface area contributed by atoms with Gasteiger partial charge in [-0.05, 0) is 61.4 Å². The van der Waals surface area contributed by atoms with Crippen LogP contribution < -0.4 is 20.1 Å². The number of methoxy groups -OCH3 is 1. The summed E-state index contributed by atoms with van der Waals surface area (Å²) in [6.07, 6.45) is 4.89.